The Labute approximate surface area is 179 Å². The molecule has 0 bridgehead atoms. The second kappa shape index (κ2) is 7.70. The Morgan fingerprint density at radius 2 is 1.71 bits per heavy atom. The van der Waals surface area contributed by atoms with Crippen molar-refractivity contribution in [2.75, 3.05) is 31.1 Å². The number of hydrogen-bond acceptors (Lipinski definition) is 5. The van der Waals surface area contributed by atoms with E-state index < -0.39 is 11.9 Å². The molecular weight excluding hydrogens is 394 g/mol. The second-order valence-corrected chi connectivity index (χ2v) is 8.14. The predicted molar refractivity (Wildman–Crippen MR) is 119 cm³/mol. The monoisotopic (exact) mass is 419 g/mol. The lowest BCUT2D eigenvalue weighted by Gasteiger charge is -2.29. The van der Waals surface area contributed by atoms with Crippen molar-refractivity contribution >= 4 is 28.5 Å². The molecule has 1 aromatic heterocycles. The van der Waals surface area contributed by atoms with Crippen molar-refractivity contribution in [3.05, 3.63) is 52.9 Å². The first-order chi connectivity index (χ1) is 15.0. The van der Waals surface area contributed by atoms with E-state index in [1.54, 1.807) is 11.6 Å². The summed E-state index contributed by atoms with van der Waals surface area (Å²) in [5.41, 5.74) is 4.37. The molecule has 5 rings (SSSR count). The summed E-state index contributed by atoms with van der Waals surface area (Å²) in [6, 6.07) is 13.5. The van der Waals surface area contributed by atoms with E-state index in [-0.39, 0.29) is 18.0 Å². The second-order valence-electron chi connectivity index (χ2n) is 8.14. The lowest BCUT2D eigenvalue weighted by Crippen LogP contribution is -2.44. The third-order valence-corrected chi connectivity index (χ3v) is 6.28. The number of aromatic nitrogens is 2. The molecule has 0 aliphatic carbocycles. The smallest absolute Gasteiger partial charge is 0.329 e. The van der Waals surface area contributed by atoms with Gasteiger partial charge in [0.25, 0.3) is 0 Å². The molecule has 3 heterocycles. The van der Waals surface area contributed by atoms with Crippen LogP contribution in [0.4, 0.5) is 5.69 Å². The van der Waals surface area contributed by atoms with Crippen molar-refractivity contribution in [3.63, 3.8) is 0 Å². The number of imide groups is 1. The third-order valence-electron chi connectivity index (χ3n) is 6.28. The predicted octanol–water partition coefficient (Wildman–Crippen LogP) is 1.39. The molecular formula is C23H25N5O3. The van der Waals surface area contributed by atoms with E-state index in [1.165, 1.54) is 10.3 Å². The standard InChI is InChI=1S/C23H25N5O3/c1-26-21-17(15-5-7-16(8-6-15)27-13-11-24-12-14-27)3-2-4-18(21)28(23(26)31)19-9-10-20(29)25-22(19)30/h2-8,19,24H,9-14H2,1H3,(H,25,29,30). The number of rotatable bonds is 3. The highest BCUT2D eigenvalue weighted by molar-refractivity contribution is 6.00. The van der Waals surface area contributed by atoms with Crippen LogP contribution in [0.25, 0.3) is 22.2 Å². The van der Waals surface area contributed by atoms with Crippen molar-refractivity contribution in [2.24, 2.45) is 7.05 Å². The molecule has 8 heteroatoms. The highest BCUT2D eigenvalue weighted by Crippen LogP contribution is 2.31. The Bertz CT molecular complexity index is 1220. The molecule has 2 aliphatic rings. The van der Waals surface area contributed by atoms with Crippen LogP contribution < -0.4 is 21.2 Å². The fourth-order valence-electron chi connectivity index (χ4n) is 4.68. The number of benzene rings is 2. The number of piperidine rings is 1. The molecule has 0 saturated carbocycles. The number of carbonyl (C=O) groups excluding carboxylic acids is 2. The quantitative estimate of drug-likeness (QED) is 0.627. The number of piperazine rings is 1. The Kier molecular flexibility index (Phi) is 4.86. The molecule has 8 nitrogen and oxygen atoms in total. The minimum Gasteiger partial charge on any atom is -0.369 e. The summed E-state index contributed by atoms with van der Waals surface area (Å²) in [5.74, 6) is -0.712. The number of amides is 2. The van der Waals surface area contributed by atoms with Gasteiger partial charge in [-0.25, -0.2) is 4.79 Å². The number of imidazole rings is 1. The van der Waals surface area contributed by atoms with Crippen LogP contribution in [0.5, 0.6) is 0 Å². The van der Waals surface area contributed by atoms with E-state index in [1.807, 2.05) is 18.2 Å². The lowest BCUT2D eigenvalue weighted by molar-refractivity contribution is -0.135. The van der Waals surface area contributed by atoms with Crippen LogP contribution >= 0.6 is 0 Å². The summed E-state index contributed by atoms with van der Waals surface area (Å²) in [5, 5.41) is 5.72. The third kappa shape index (κ3) is 3.33. The minimum absolute atomic E-state index is 0.229. The maximum absolute atomic E-state index is 13.1. The Balaban J connectivity index is 1.57. The first-order valence-electron chi connectivity index (χ1n) is 10.6. The van der Waals surface area contributed by atoms with Gasteiger partial charge in [0.15, 0.2) is 0 Å². The van der Waals surface area contributed by atoms with Gasteiger partial charge in [0.2, 0.25) is 11.8 Å². The van der Waals surface area contributed by atoms with Gasteiger partial charge in [0.05, 0.1) is 11.0 Å². The van der Waals surface area contributed by atoms with E-state index in [9.17, 15) is 14.4 Å². The maximum Gasteiger partial charge on any atom is 0.329 e. The van der Waals surface area contributed by atoms with Gasteiger partial charge in [-0.3, -0.25) is 24.0 Å². The van der Waals surface area contributed by atoms with Crippen molar-refractivity contribution < 1.29 is 9.59 Å². The number of fused-ring (bicyclic) bond motifs is 1. The summed E-state index contributed by atoms with van der Waals surface area (Å²) < 4.78 is 3.12. The van der Waals surface area contributed by atoms with E-state index in [0.717, 1.165) is 42.8 Å². The number of hydrogen-bond donors (Lipinski definition) is 2. The summed E-state index contributed by atoms with van der Waals surface area (Å²) >= 11 is 0. The Morgan fingerprint density at radius 1 is 0.968 bits per heavy atom. The molecule has 31 heavy (non-hydrogen) atoms. The molecule has 1 atom stereocenters. The van der Waals surface area contributed by atoms with Gasteiger partial charge in [-0.05, 0) is 30.2 Å². The molecule has 2 saturated heterocycles. The largest absolute Gasteiger partial charge is 0.369 e. The molecule has 2 N–H and O–H groups in total. The van der Waals surface area contributed by atoms with Crippen molar-refractivity contribution in [2.45, 2.75) is 18.9 Å². The van der Waals surface area contributed by atoms with E-state index in [2.05, 4.69) is 39.8 Å². The van der Waals surface area contributed by atoms with Gasteiger partial charge < -0.3 is 10.2 Å². The normalized spacial score (nSPS) is 19.6. The average Bonchev–Trinajstić information content (AvgIpc) is 3.05. The molecule has 2 aromatic carbocycles. The highest BCUT2D eigenvalue weighted by Gasteiger charge is 2.31. The number of aryl methyl sites for hydroxylation is 1. The maximum atomic E-state index is 13.1. The van der Waals surface area contributed by atoms with Crippen LogP contribution in [0.3, 0.4) is 0 Å². The SMILES string of the molecule is Cn1c(=O)n(C2CCC(=O)NC2=O)c2cccc(-c3ccc(N4CCNCC4)cc3)c21. The first-order valence-corrected chi connectivity index (χ1v) is 10.6. The van der Waals surface area contributed by atoms with Crippen LogP contribution in [-0.2, 0) is 16.6 Å². The van der Waals surface area contributed by atoms with Gasteiger partial charge in [-0.1, -0.05) is 24.3 Å². The van der Waals surface area contributed by atoms with Gasteiger partial charge in [-0.2, -0.15) is 0 Å². The van der Waals surface area contributed by atoms with Crippen LogP contribution in [0.15, 0.2) is 47.3 Å². The van der Waals surface area contributed by atoms with Crippen molar-refractivity contribution in [1.29, 1.82) is 0 Å². The Morgan fingerprint density at radius 3 is 2.42 bits per heavy atom. The molecule has 2 amide bonds. The topological polar surface area (TPSA) is 88.4 Å². The molecule has 160 valence electrons. The molecule has 1 unspecified atom stereocenters. The summed E-state index contributed by atoms with van der Waals surface area (Å²) in [6.45, 7) is 3.94. The van der Waals surface area contributed by atoms with Crippen molar-refractivity contribution in [1.82, 2.24) is 19.8 Å². The highest BCUT2D eigenvalue weighted by atomic mass is 16.2. The minimum atomic E-state index is -0.681. The summed E-state index contributed by atoms with van der Waals surface area (Å²) in [4.78, 5) is 39.5. The molecule has 3 aromatic rings. The first kappa shape index (κ1) is 19.6. The fraction of sp³-hybridized carbons (Fsp3) is 0.348. The lowest BCUT2D eigenvalue weighted by atomic mass is 10.0. The van der Waals surface area contributed by atoms with Gasteiger partial charge in [0.1, 0.15) is 6.04 Å². The summed E-state index contributed by atoms with van der Waals surface area (Å²) in [7, 11) is 1.73. The van der Waals surface area contributed by atoms with Crippen LogP contribution in [0.2, 0.25) is 0 Å². The number of para-hydroxylation sites is 1. The fourth-order valence-corrected chi connectivity index (χ4v) is 4.68. The summed E-state index contributed by atoms with van der Waals surface area (Å²) in [6.07, 6.45) is 0.555. The molecule has 0 spiro atoms. The van der Waals surface area contributed by atoms with Gasteiger partial charge >= 0.3 is 5.69 Å². The average molecular weight is 419 g/mol. The van der Waals surface area contributed by atoms with E-state index in [4.69, 9.17) is 0 Å². The van der Waals surface area contributed by atoms with Crippen LogP contribution in [0, 0.1) is 0 Å². The molecule has 0 radical (unpaired) electrons. The van der Waals surface area contributed by atoms with E-state index >= 15 is 0 Å². The zero-order valence-electron chi connectivity index (χ0n) is 17.4. The Hall–Kier alpha value is -3.39. The van der Waals surface area contributed by atoms with Crippen LogP contribution in [0.1, 0.15) is 18.9 Å². The number of carbonyl (C=O) groups is 2. The van der Waals surface area contributed by atoms with Gasteiger partial charge in [-0.15, -0.1) is 0 Å². The number of nitrogens with zero attached hydrogens (tertiary/aromatic N) is 3. The van der Waals surface area contributed by atoms with Gasteiger partial charge in [0, 0.05) is 50.9 Å². The van der Waals surface area contributed by atoms with Crippen molar-refractivity contribution in [3.8, 4) is 11.1 Å². The zero-order valence-corrected chi connectivity index (χ0v) is 17.4. The molecule has 2 fully saturated rings. The zero-order chi connectivity index (χ0) is 21.5. The van der Waals surface area contributed by atoms with E-state index in [0.29, 0.717) is 11.9 Å². The number of anilines is 1. The number of nitrogens with one attached hydrogen (secondary N) is 2. The molecule has 2 aliphatic heterocycles. The van der Waals surface area contributed by atoms with Crippen LogP contribution in [-0.4, -0.2) is 47.1 Å².